The molecule has 0 saturated heterocycles. The molecule has 0 radical (unpaired) electrons. The Hall–Kier alpha value is -1.59. The Morgan fingerprint density at radius 2 is 2.08 bits per heavy atom. The molecule has 0 N–H and O–H groups in total. The summed E-state index contributed by atoms with van der Waals surface area (Å²) in [5.74, 6) is 1.54. The summed E-state index contributed by atoms with van der Waals surface area (Å²) in [5.41, 5.74) is 1.13. The van der Waals surface area contributed by atoms with Gasteiger partial charge in [-0.15, -0.1) is 0 Å². The lowest BCUT2D eigenvalue weighted by molar-refractivity contribution is -0.107. The molecule has 0 spiro atoms. The molecule has 5 heteroatoms. The van der Waals surface area contributed by atoms with Gasteiger partial charge in [0.15, 0.2) is 0 Å². The SMILES string of the molecule is C=CC(=O)SCCCCCCOc1cc(=O)sc2cccc(C)c12. The van der Waals surface area contributed by atoms with Crippen LogP contribution in [-0.2, 0) is 4.79 Å². The Kier molecular flexibility index (Phi) is 7.53. The van der Waals surface area contributed by atoms with E-state index in [1.807, 2.05) is 25.1 Å². The zero-order chi connectivity index (χ0) is 17.4. The molecule has 0 bridgehead atoms. The number of carbonyl (C=O) groups excluding carboxylic acids is 1. The van der Waals surface area contributed by atoms with E-state index in [-0.39, 0.29) is 9.86 Å². The standard InChI is InChI=1S/C19H22O3S2/c1-3-17(20)23-12-7-5-4-6-11-22-15-13-18(21)24-16-10-8-9-14(2)19(15)16/h3,8-10,13H,1,4-7,11-12H2,2H3. The number of benzene rings is 1. The zero-order valence-electron chi connectivity index (χ0n) is 13.9. The van der Waals surface area contributed by atoms with Gasteiger partial charge in [0.2, 0.25) is 9.86 Å². The molecule has 24 heavy (non-hydrogen) atoms. The van der Waals surface area contributed by atoms with E-state index in [4.69, 9.17) is 4.74 Å². The summed E-state index contributed by atoms with van der Waals surface area (Å²) in [6.07, 6.45) is 5.45. The molecule has 0 aliphatic carbocycles. The van der Waals surface area contributed by atoms with E-state index in [9.17, 15) is 9.59 Å². The van der Waals surface area contributed by atoms with E-state index in [1.54, 1.807) is 6.07 Å². The predicted octanol–water partition coefficient (Wildman–Crippen LogP) is 4.95. The van der Waals surface area contributed by atoms with Gasteiger partial charge < -0.3 is 4.74 Å². The number of rotatable bonds is 9. The second-order valence-electron chi connectivity index (χ2n) is 5.51. The Bertz CT molecular complexity index is 765. The van der Waals surface area contributed by atoms with Gasteiger partial charge in [0.1, 0.15) is 5.75 Å². The molecule has 2 aromatic rings. The molecule has 0 unspecified atom stereocenters. The van der Waals surface area contributed by atoms with Crippen molar-refractivity contribution in [3.8, 4) is 5.75 Å². The lowest BCUT2D eigenvalue weighted by Gasteiger charge is -2.10. The molecule has 0 fully saturated rings. The minimum absolute atomic E-state index is 0.0204. The second kappa shape index (κ2) is 9.64. The summed E-state index contributed by atoms with van der Waals surface area (Å²) in [7, 11) is 0. The van der Waals surface area contributed by atoms with Gasteiger partial charge in [0.05, 0.1) is 6.61 Å². The predicted molar refractivity (Wildman–Crippen MR) is 104 cm³/mol. The van der Waals surface area contributed by atoms with Crippen molar-refractivity contribution < 1.29 is 9.53 Å². The molecular formula is C19H22O3S2. The topological polar surface area (TPSA) is 43.4 Å². The van der Waals surface area contributed by atoms with Gasteiger partial charge in [0, 0.05) is 21.9 Å². The minimum atomic E-state index is 0.0204. The third kappa shape index (κ3) is 5.49. The van der Waals surface area contributed by atoms with Gasteiger partial charge in [-0.2, -0.15) is 0 Å². The lowest BCUT2D eigenvalue weighted by Crippen LogP contribution is -2.02. The molecule has 2 rings (SSSR count). The summed E-state index contributed by atoms with van der Waals surface area (Å²) < 4.78 is 6.87. The third-order valence-electron chi connectivity index (χ3n) is 3.65. The van der Waals surface area contributed by atoms with Gasteiger partial charge in [-0.25, -0.2) is 0 Å². The quantitative estimate of drug-likeness (QED) is 0.467. The fraction of sp³-hybridized carbons (Fsp3) is 0.368. The first-order chi connectivity index (χ1) is 11.6. The molecule has 128 valence electrons. The first-order valence-corrected chi connectivity index (χ1v) is 9.87. The molecule has 0 aliphatic rings. The maximum absolute atomic E-state index is 11.8. The van der Waals surface area contributed by atoms with E-state index in [0.29, 0.717) is 12.4 Å². The fourth-order valence-electron chi connectivity index (χ4n) is 2.44. The van der Waals surface area contributed by atoms with Crippen molar-refractivity contribution in [2.75, 3.05) is 12.4 Å². The fourth-order valence-corrected chi connectivity index (χ4v) is 4.00. The van der Waals surface area contributed by atoms with Crippen LogP contribution in [0, 0.1) is 6.92 Å². The normalized spacial score (nSPS) is 10.7. The maximum Gasteiger partial charge on any atom is 0.236 e. The van der Waals surface area contributed by atoms with Crippen molar-refractivity contribution in [2.45, 2.75) is 32.6 Å². The van der Waals surface area contributed by atoms with Crippen molar-refractivity contribution in [3.05, 3.63) is 52.0 Å². The average molecular weight is 363 g/mol. The molecular weight excluding hydrogens is 340 g/mol. The van der Waals surface area contributed by atoms with Gasteiger partial charge in [-0.05, 0) is 37.5 Å². The van der Waals surface area contributed by atoms with Crippen molar-refractivity contribution in [1.82, 2.24) is 0 Å². The Morgan fingerprint density at radius 3 is 2.88 bits per heavy atom. The third-order valence-corrected chi connectivity index (χ3v) is 5.47. The molecule has 0 saturated carbocycles. The number of carbonyl (C=O) groups is 1. The van der Waals surface area contributed by atoms with Crippen LogP contribution in [0.1, 0.15) is 31.2 Å². The van der Waals surface area contributed by atoms with E-state index < -0.39 is 0 Å². The average Bonchev–Trinajstić information content (AvgIpc) is 2.56. The number of hydrogen-bond acceptors (Lipinski definition) is 5. The number of aryl methyl sites for hydroxylation is 1. The lowest BCUT2D eigenvalue weighted by atomic mass is 10.1. The number of fused-ring (bicyclic) bond motifs is 1. The highest BCUT2D eigenvalue weighted by Gasteiger charge is 2.07. The van der Waals surface area contributed by atoms with Crippen LogP contribution in [0.4, 0.5) is 0 Å². The van der Waals surface area contributed by atoms with Crippen LogP contribution in [0.5, 0.6) is 5.75 Å². The molecule has 0 aliphatic heterocycles. The number of unbranched alkanes of at least 4 members (excludes halogenated alkanes) is 3. The second-order valence-corrected chi connectivity index (χ2v) is 7.66. The van der Waals surface area contributed by atoms with Crippen LogP contribution in [0.2, 0.25) is 0 Å². The molecule has 1 aromatic carbocycles. The Labute approximate surface area is 150 Å². The first kappa shape index (κ1) is 18.7. The van der Waals surface area contributed by atoms with E-state index in [2.05, 4.69) is 6.58 Å². The molecule has 1 aromatic heterocycles. The maximum atomic E-state index is 11.8. The number of ether oxygens (including phenoxy) is 1. The largest absolute Gasteiger partial charge is 0.493 e. The zero-order valence-corrected chi connectivity index (χ0v) is 15.5. The van der Waals surface area contributed by atoms with Crippen LogP contribution < -0.4 is 9.48 Å². The minimum Gasteiger partial charge on any atom is -0.493 e. The van der Waals surface area contributed by atoms with Gasteiger partial charge in [-0.1, -0.05) is 54.7 Å². The number of thioether (sulfide) groups is 1. The Balaban J connectivity index is 1.79. The summed E-state index contributed by atoms with van der Waals surface area (Å²) in [6.45, 7) is 6.10. The highest BCUT2D eigenvalue weighted by Crippen LogP contribution is 2.29. The van der Waals surface area contributed by atoms with Gasteiger partial charge in [0.25, 0.3) is 0 Å². The first-order valence-electron chi connectivity index (χ1n) is 8.07. The molecule has 3 nitrogen and oxygen atoms in total. The summed E-state index contributed by atoms with van der Waals surface area (Å²) in [4.78, 5) is 22.9. The van der Waals surface area contributed by atoms with Crippen LogP contribution >= 0.6 is 23.1 Å². The highest BCUT2D eigenvalue weighted by molar-refractivity contribution is 8.14. The Morgan fingerprint density at radius 1 is 1.29 bits per heavy atom. The van der Waals surface area contributed by atoms with Crippen molar-refractivity contribution in [1.29, 1.82) is 0 Å². The van der Waals surface area contributed by atoms with Crippen LogP contribution in [0.3, 0.4) is 0 Å². The molecule has 0 atom stereocenters. The number of hydrogen-bond donors (Lipinski definition) is 0. The van der Waals surface area contributed by atoms with Crippen LogP contribution in [0.15, 0.2) is 41.7 Å². The highest BCUT2D eigenvalue weighted by atomic mass is 32.2. The van der Waals surface area contributed by atoms with Crippen molar-refractivity contribution in [2.24, 2.45) is 0 Å². The summed E-state index contributed by atoms with van der Waals surface area (Å²) >= 11 is 2.57. The van der Waals surface area contributed by atoms with E-state index in [1.165, 1.54) is 29.2 Å². The molecule has 0 amide bonds. The van der Waals surface area contributed by atoms with Crippen molar-refractivity contribution in [3.63, 3.8) is 0 Å². The van der Waals surface area contributed by atoms with E-state index in [0.717, 1.165) is 47.1 Å². The smallest absolute Gasteiger partial charge is 0.236 e. The van der Waals surface area contributed by atoms with Crippen molar-refractivity contribution >= 4 is 38.3 Å². The monoisotopic (exact) mass is 362 g/mol. The van der Waals surface area contributed by atoms with Gasteiger partial charge in [-0.3, -0.25) is 9.59 Å². The van der Waals surface area contributed by atoms with Crippen LogP contribution in [0.25, 0.3) is 10.1 Å². The van der Waals surface area contributed by atoms with E-state index >= 15 is 0 Å². The summed E-state index contributed by atoms with van der Waals surface area (Å²) in [6, 6.07) is 7.56. The molecule has 1 heterocycles. The summed E-state index contributed by atoms with van der Waals surface area (Å²) in [5, 5.41) is 1.08. The van der Waals surface area contributed by atoms with Crippen LogP contribution in [-0.4, -0.2) is 17.5 Å². The van der Waals surface area contributed by atoms with Gasteiger partial charge >= 0.3 is 0 Å².